The van der Waals surface area contributed by atoms with Crippen molar-refractivity contribution in [3.8, 4) is 16.9 Å². The fourth-order valence-corrected chi connectivity index (χ4v) is 3.70. The molecule has 0 atom stereocenters. The van der Waals surface area contributed by atoms with Crippen molar-refractivity contribution in [3.05, 3.63) is 89.3 Å². The first kappa shape index (κ1) is 16.1. The van der Waals surface area contributed by atoms with Gasteiger partial charge in [-0.15, -0.1) is 0 Å². The normalized spacial score (nSPS) is 11.3. The summed E-state index contributed by atoms with van der Waals surface area (Å²) in [7, 11) is 0. The molecule has 0 aliphatic heterocycles. The van der Waals surface area contributed by atoms with Crippen LogP contribution < -0.4 is 0 Å². The molecule has 0 aliphatic carbocycles. The second-order valence-electron chi connectivity index (χ2n) is 6.28. The molecule has 27 heavy (non-hydrogen) atoms. The standard InChI is InChI=1S/C22H13BrFN3/c23-15-6-11-20-18(12-15)22-19(13-25-20)21(14-4-2-1-3-5-14)26-27(22)17-9-7-16(24)8-10-17/h1-13H. The average Bonchev–Trinajstić information content (AvgIpc) is 3.09. The van der Waals surface area contributed by atoms with E-state index in [4.69, 9.17) is 5.10 Å². The number of nitrogens with zero attached hydrogens (tertiary/aromatic N) is 3. The highest BCUT2D eigenvalue weighted by Gasteiger charge is 2.17. The number of rotatable bonds is 2. The fraction of sp³-hybridized carbons (Fsp3) is 0. The maximum absolute atomic E-state index is 13.4. The van der Waals surface area contributed by atoms with Crippen molar-refractivity contribution in [2.24, 2.45) is 0 Å². The van der Waals surface area contributed by atoms with Crippen molar-refractivity contribution in [1.29, 1.82) is 0 Å². The van der Waals surface area contributed by atoms with Crippen molar-refractivity contribution in [3.63, 3.8) is 0 Å². The van der Waals surface area contributed by atoms with Crippen molar-refractivity contribution in [2.45, 2.75) is 0 Å². The van der Waals surface area contributed by atoms with Crippen LogP contribution in [0, 0.1) is 5.82 Å². The Morgan fingerprint density at radius 2 is 1.63 bits per heavy atom. The van der Waals surface area contributed by atoms with Crippen LogP contribution in [0.2, 0.25) is 0 Å². The molecule has 0 spiro atoms. The van der Waals surface area contributed by atoms with E-state index in [-0.39, 0.29) is 5.82 Å². The first-order valence-electron chi connectivity index (χ1n) is 8.49. The number of pyridine rings is 1. The Balaban J connectivity index is 1.92. The zero-order valence-corrected chi connectivity index (χ0v) is 15.7. The minimum atomic E-state index is -0.271. The van der Waals surface area contributed by atoms with Crippen LogP contribution in [0.25, 0.3) is 38.8 Å². The molecule has 0 aliphatic rings. The van der Waals surface area contributed by atoms with Gasteiger partial charge in [0.1, 0.15) is 11.5 Å². The third kappa shape index (κ3) is 2.71. The highest BCUT2D eigenvalue weighted by Crippen LogP contribution is 2.34. The Morgan fingerprint density at radius 3 is 2.41 bits per heavy atom. The van der Waals surface area contributed by atoms with Gasteiger partial charge in [0.25, 0.3) is 0 Å². The van der Waals surface area contributed by atoms with Gasteiger partial charge in [0, 0.05) is 27.0 Å². The lowest BCUT2D eigenvalue weighted by Gasteiger charge is -2.06. The van der Waals surface area contributed by atoms with E-state index in [0.717, 1.165) is 43.2 Å². The number of fused-ring (bicyclic) bond motifs is 3. The van der Waals surface area contributed by atoms with Crippen molar-refractivity contribution < 1.29 is 4.39 Å². The van der Waals surface area contributed by atoms with Gasteiger partial charge < -0.3 is 0 Å². The summed E-state index contributed by atoms with van der Waals surface area (Å²) in [5.74, 6) is -0.271. The van der Waals surface area contributed by atoms with Crippen LogP contribution in [0.5, 0.6) is 0 Å². The summed E-state index contributed by atoms with van der Waals surface area (Å²) in [5.41, 5.74) is 4.50. The van der Waals surface area contributed by atoms with E-state index >= 15 is 0 Å². The van der Waals surface area contributed by atoms with Gasteiger partial charge in [-0.2, -0.15) is 5.10 Å². The molecule has 0 unspecified atom stereocenters. The van der Waals surface area contributed by atoms with E-state index in [2.05, 4.69) is 20.9 Å². The summed E-state index contributed by atoms with van der Waals surface area (Å²) in [6.07, 6.45) is 1.86. The molecule has 130 valence electrons. The molecular weight excluding hydrogens is 405 g/mol. The predicted molar refractivity (Wildman–Crippen MR) is 109 cm³/mol. The predicted octanol–water partition coefficient (Wildman–Crippen LogP) is 6.14. The first-order valence-corrected chi connectivity index (χ1v) is 9.28. The molecule has 5 rings (SSSR count). The van der Waals surface area contributed by atoms with Crippen molar-refractivity contribution in [1.82, 2.24) is 14.8 Å². The highest BCUT2D eigenvalue weighted by atomic mass is 79.9. The lowest BCUT2D eigenvalue weighted by Crippen LogP contribution is -1.97. The molecule has 0 radical (unpaired) electrons. The van der Waals surface area contributed by atoms with Crippen molar-refractivity contribution in [2.75, 3.05) is 0 Å². The van der Waals surface area contributed by atoms with E-state index in [1.54, 1.807) is 12.1 Å². The second-order valence-corrected chi connectivity index (χ2v) is 7.20. The Kier molecular flexibility index (Phi) is 3.76. The van der Waals surface area contributed by atoms with E-state index in [9.17, 15) is 4.39 Å². The zero-order valence-electron chi connectivity index (χ0n) is 14.1. The molecule has 0 saturated heterocycles. The number of benzene rings is 3. The number of halogens is 2. The quantitative estimate of drug-likeness (QED) is 0.345. The summed E-state index contributed by atoms with van der Waals surface area (Å²) in [4.78, 5) is 4.62. The molecule has 5 heteroatoms. The van der Waals surface area contributed by atoms with Gasteiger partial charge in [-0.1, -0.05) is 46.3 Å². The van der Waals surface area contributed by atoms with Crippen LogP contribution in [0.4, 0.5) is 4.39 Å². The lowest BCUT2D eigenvalue weighted by atomic mass is 10.1. The minimum Gasteiger partial charge on any atom is -0.255 e. The van der Waals surface area contributed by atoms with Crippen LogP contribution in [-0.4, -0.2) is 14.8 Å². The smallest absolute Gasteiger partial charge is 0.123 e. The average molecular weight is 418 g/mol. The minimum absolute atomic E-state index is 0.271. The molecule has 0 amide bonds. The van der Waals surface area contributed by atoms with Gasteiger partial charge in [-0.05, 0) is 42.5 Å². The lowest BCUT2D eigenvalue weighted by molar-refractivity contribution is 0.627. The van der Waals surface area contributed by atoms with E-state index < -0.39 is 0 Å². The molecule has 0 bridgehead atoms. The Bertz CT molecular complexity index is 1280. The second kappa shape index (κ2) is 6.28. The molecular formula is C22H13BrFN3. The van der Waals surface area contributed by atoms with Crippen LogP contribution in [-0.2, 0) is 0 Å². The van der Waals surface area contributed by atoms with Gasteiger partial charge in [0.2, 0.25) is 0 Å². The molecule has 2 heterocycles. The monoisotopic (exact) mass is 417 g/mol. The van der Waals surface area contributed by atoms with E-state index in [0.29, 0.717) is 0 Å². The molecule has 3 nitrogen and oxygen atoms in total. The zero-order chi connectivity index (χ0) is 18.4. The van der Waals surface area contributed by atoms with Gasteiger partial charge in [-0.3, -0.25) is 4.98 Å². The highest BCUT2D eigenvalue weighted by molar-refractivity contribution is 9.10. The Morgan fingerprint density at radius 1 is 0.852 bits per heavy atom. The molecule has 0 N–H and O–H groups in total. The molecule has 0 saturated carbocycles. The van der Waals surface area contributed by atoms with Gasteiger partial charge in [0.15, 0.2) is 0 Å². The van der Waals surface area contributed by atoms with E-state index in [1.165, 1.54) is 12.1 Å². The molecule has 2 aromatic heterocycles. The SMILES string of the molecule is Fc1ccc(-n2nc(-c3ccccc3)c3cnc4ccc(Br)cc4c32)cc1. The van der Waals surface area contributed by atoms with Crippen LogP contribution in [0.3, 0.4) is 0 Å². The van der Waals surface area contributed by atoms with Gasteiger partial charge in [0.05, 0.1) is 16.7 Å². The Labute approximate surface area is 163 Å². The number of aromatic nitrogens is 3. The largest absolute Gasteiger partial charge is 0.255 e. The topological polar surface area (TPSA) is 30.7 Å². The van der Waals surface area contributed by atoms with Crippen LogP contribution in [0.15, 0.2) is 83.5 Å². The van der Waals surface area contributed by atoms with Crippen LogP contribution >= 0.6 is 15.9 Å². The number of hydrogen-bond donors (Lipinski definition) is 0. The van der Waals surface area contributed by atoms with Gasteiger partial charge >= 0.3 is 0 Å². The molecule has 3 aromatic carbocycles. The summed E-state index contributed by atoms with van der Waals surface area (Å²) >= 11 is 3.55. The van der Waals surface area contributed by atoms with Crippen LogP contribution in [0.1, 0.15) is 0 Å². The summed E-state index contributed by atoms with van der Waals surface area (Å²) in [6.45, 7) is 0. The third-order valence-corrected chi connectivity index (χ3v) is 5.08. The molecule has 0 fully saturated rings. The van der Waals surface area contributed by atoms with Gasteiger partial charge in [-0.25, -0.2) is 9.07 Å². The molecule has 5 aromatic rings. The van der Waals surface area contributed by atoms with E-state index in [1.807, 2.05) is 59.4 Å². The van der Waals surface area contributed by atoms with Crippen molar-refractivity contribution >= 4 is 37.7 Å². The Hall–Kier alpha value is -3.05. The number of hydrogen-bond acceptors (Lipinski definition) is 2. The summed E-state index contributed by atoms with van der Waals surface area (Å²) in [6, 6.07) is 22.4. The summed E-state index contributed by atoms with van der Waals surface area (Å²) < 4.78 is 16.3. The summed E-state index contributed by atoms with van der Waals surface area (Å²) in [5, 5.41) is 6.82. The fourth-order valence-electron chi connectivity index (χ4n) is 3.33. The first-order chi connectivity index (χ1) is 13.2. The maximum atomic E-state index is 13.4. The third-order valence-electron chi connectivity index (χ3n) is 4.59. The maximum Gasteiger partial charge on any atom is 0.123 e.